The van der Waals surface area contributed by atoms with Crippen LogP contribution >= 0.6 is 0 Å². The number of rotatable bonds is 4. The Kier molecular flexibility index (Phi) is 3.57. The Balaban J connectivity index is 2.13. The van der Waals surface area contributed by atoms with E-state index in [1.54, 1.807) is 26.4 Å². The van der Waals surface area contributed by atoms with E-state index in [2.05, 4.69) is 0 Å². The molecular formula is C15H16O6. The average Bonchev–Trinajstić information content (AvgIpc) is 2.91. The van der Waals surface area contributed by atoms with Crippen molar-refractivity contribution in [2.24, 2.45) is 5.92 Å². The Hall–Kier alpha value is -2.05. The van der Waals surface area contributed by atoms with E-state index in [9.17, 15) is 9.90 Å². The van der Waals surface area contributed by atoms with Crippen LogP contribution in [0.2, 0.25) is 0 Å². The number of carboxylic acid groups (broad SMARTS) is 1. The van der Waals surface area contributed by atoms with Crippen LogP contribution in [0.25, 0.3) is 6.08 Å². The van der Waals surface area contributed by atoms with Gasteiger partial charge in [-0.15, -0.1) is 0 Å². The summed E-state index contributed by atoms with van der Waals surface area (Å²) >= 11 is 0. The molecule has 1 heterocycles. The lowest BCUT2D eigenvalue weighted by Crippen LogP contribution is -2.28. The third-order valence-corrected chi connectivity index (χ3v) is 3.81. The number of ether oxygens (including phenoxy) is 4. The first kappa shape index (κ1) is 13.9. The lowest BCUT2D eigenvalue weighted by molar-refractivity contribution is -0.134. The van der Waals surface area contributed by atoms with Gasteiger partial charge in [-0.2, -0.15) is 0 Å². The highest BCUT2D eigenvalue weighted by Gasteiger charge is 2.36. The van der Waals surface area contributed by atoms with Crippen LogP contribution in [0.4, 0.5) is 0 Å². The van der Waals surface area contributed by atoms with Crippen LogP contribution in [-0.2, 0) is 14.3 Å². The normalized spacial score (nSPS) is 22.7. The van der Waals surface area contributed by atoms with Crippen LogP contribution < -0.4 is 9.47 Å². The van der Waals surface area contributed by atoms with E-state index in [-0.39, 0.29) is 24.9 Å². The van der Waals surface area contributed by atoms with E-state index in [0.29, 0.717) is 11.5 Å². The number of hydrogen-bond acceptors (Lipinski definition) is 5. The Bertz CT molecular complexity index is 606. The summed E-state index contributed by atoms with van der Waals surface area (Å²) in [5.74, 6) is -0.0679. The molecule has 0 amide bonds. The topological polar surface area (TPSA) is 74.2 Å². The van der Waals surface area contributed by atoms with Gasteiger partial charge in [0.05, 0.1) is 12.7 Å². The summed E-state index contributed by atoms with van der Waals surface area (Å²) in [5.41, 5.74) is 1.93. The molecule has 2 unspecified atom stereocenters. The molecule has 1 aromatic rings. The molecule has 0 spiro atoms. The van der Waals surface area contributed by atoms with Gasteiger partial charge in [-0.05, 0) is 29.3 Å². The molecule has 0 bridgehead atoms. The van der Waals surface area contributed by atoms with Crippen LogP contribution in [-0.4, -0.2) is 38.7 Å². The Labute approximate surface area is 121 Å². The maximum absolute atomic E-state index is 11.5. The number of aliphatic carboxylic acids is 1. The zero-order chi connectivity index (χ0) is 15.0. The molecule has 0 fully saturated rings. The van der Waals surface area contributed by atoms with E-state index >= 15 is 0 Å². The minimum Gasteiger partial charge on any atom is -0.478 e. The first-order valence-corrected chi connectivity index (χ1v) is 6.56. The zero-order valence-electron chi connectivity index (χ0n) is 11.8. The van der Waals surface area contributed by atoms with Crippen molar-refractivity contribution in [1.82, 2.24) is 0 Å². The minimum absolute atomic E-state index is 0.173. The first-order valence-electron chi connectivity index (χ1n) is 6.56. The molecule has 21 heavy (non-hydrogen) atoms. The molecule has 0 saturated carbocycles. The van der Waals surface area contributed by atoms with E-state index in [4.69, 9.17) is 18.9 Å². The molecular weight excluding hydrogens is 276 g/mol. The predicted octanol–water partition coefficient (Wildman–Crippen LogP) is 1.85. The van der Waals surface area contributed by atoms with Crippen LogP contribution in [0, 0.1) is 5.92 Å². The summed E-state index contributed by atoms with van der Waals surface area (Å²) in [6.45, 7) is 0.442. The van der Waals surface area contributed by atoms with Gasteiger partial charge in [0.2, 0.25) is 6.79 Å². The molecule has 3 rings (SSSR count). The van der Waals surface area contributed by atoms with E-state index in [1.165, 1.54) is 0 Å². The first-order chi connectivity index (χ1) is 10.2. The van der Waals surface area contributed by atoms with Crippen molar-refractivity contribution < 1.29 is 28.8 Å². The smallest absolute Gasteiger partial charge is 0.332 e. The molecule has 112 valence electrons. The Morgan fingerprint density at radius 1 is 1.33 bits per heavy atom. The van der Waals surface area contributed by atoms with Gasteiger partial charge in [-0.1, -0.05) is 0 Å². The molecule has 6 nitrogen and oxygen atoms in total. The SMILES string of the molecule is COCC1C(C(=O)O)=Cc2cc3c(cc2C1OC)OCO3. The molecule has 2 atom stereocenters. The van der Waals surface area contributed by atoms with Gasteiger partial charge in [0, 0.05) is 25.7 Å². The monoisotopic (exact) mass is 292 g/mol. The fourth-order valence-corrected chi connectivity index (χ4v) is 2.87. The van der Waals surface area contributed by atoms with E-state index in [1.807, 2.05) is 6.07 Å². The van der Waals surface area contributed by atoms with Gasteiger partial charge in [0.1, 0.15) is 0 Å². The third-order valence-electron chi connectivity index (χ3n) is 3.81. The summed E-state index contributed by atoms with van der Waals surface area (Å²) in [4.78, 5) is 11.5. The highest BCUT2D eigenvalue weighted by molar-refractivity contribution is 5.94. The number of benzene rings is 1. The molecule has 6 heteroatoms. The quantitative estimate of drug-likeness (QED) is 0.913. The second-order valence-electron chi connectivity index (χ2n) is 4.96. The van der Waals surface area contributed by atoms with Gasteiger partial charge in [-0.25, -0.2) is 4.79 Å². The second kappa shape index (κ2) is 5.38. The molecule has 1 N–H and O–H groups in total. The summed E-state index contributed by atoms with van der Waals surface area (Å²) in [7, 11) is 3.10. The second-order valence-corrected chi connectivity index (χ2v) is 4.96. The molecule has 1 aliphatic carbocycles. The third kappa shape index (κ3) is 2.26. The van der Waals surface area contributed by atoms with Crippen molar-refractivity contribution in [2.45, 2.75) is 6.10 Å². The summed E-state index contributed by atoms with van der Waals surface area (Å²) in [6, 6.07) is 3.64. The van der Waals surface area contributed by atoms with Crippen molar-refractivity contribution in [3.05, 3.63) is 28.8 Å². The van der Waals surface area contributed by atoms with Crippen LogP contribution in [0.3, 0.4) is 0 Å². The summed E-state index contributed by atoms with van der Waals surface area (Å²) < 4.78 is 21.4. The maximum Gasteiger partial charge on any atom is 0.332 e. The number of carboxylic acids is 1. The number of fused-ring (bicyclic) bond motifs is 2. The van der Waals surface area contributed by atoms with Gasteiger partial charge in [0.15, 0.2) is 11.5 Å². The molecule has 1 aliphatic heterocycles. The van der Waals surface area contributed by atoms with Gasteiger partial charge in [-0.3, -0.25) is 0 Å². The highest BCUT2D eigenvalue weighted by atomic mass is 16.7. The maximum atomic E-state index is 11.5. The van der Waals surface area contributed by atoms with Crippen molar-refractivity contribution in [1.29, 1.82) is 0 Å². The van der Waals surface area contributed by atoms with Crippen LogP contribution in [0.15, 0.2) is 17.7 Å². The van der Waals surface area contributed by atoms with Crippen LogP contribution in [0.1, 0.15) is 17.2 Å². The van der Waals surface area contributed by atoms with Crippen molar-refractivity contribution in [3.8, 4) is 11.5 Å². The Morgan fingerprint density at radius 2 is 2.05 bits per heavy atom. The van der Waals surface area contributed by atoms with Crippen molar-refractivity contribution in [2.75, 3.05) is 27.6 Å². The van der Waals surface area contributed by atoms with Gasteiger partial charge in [0.25, 0.3) is 0 Å². The summed E-state index contributed by atoms with van der Waals surface area (Å²) in [6.07, 6.45) is 1.25. The van der Waals surface area contributed by atoms with Crippen molar-refractivity contribution in [3.63, 3.8) is 0 Å². The number of hydrogen-bond donors (Lipinski definition) is 1. The molecule has 0 radical (unpaired) electrons. The van der Waals surface area contributed by atoms with Gasteiger partial charge >= 0.3 is 5.97 Å². The minimum atomic E-state index is -0.970. The predicted molar refractivity (Wildman–Crippen MR) is 73.3 cm³/mol. The highest BCUT2D eigenvalue weighted by Crippen LogP contribution is 2.44. The molecule has 1 aromatic carbocycles. The largest absolute Gasteiger partial charge is 0.478 e. The molecule has 0 aromatic heterocycles. The lowest BCUT2D eigenvalue weighted by Gasteiger charge is -2.31. The fourth-order valence-electron chi connectivity index (χ4n) is 2.87. The fraction of sp³-hybridized carbons (Fsp3) is 0.400. The zero-order valence-corrected chi connectivity index (χ0v) is 11.8. The summed E-state index contributed by atoms with van der Waals surface area (Å²) in [5, 5.41) is 9.43. The number of carbonyl (C=O) groups is 1. The lowest BCUT2D eigenvalue weighted by atomic mass is 9.81. The molecule has 0 saturated heterocycles. The Morgan fingerprint density at radius 3 is 2.67 bits per heavy atom. The standard InChI is InChI=1S/C15H16O6/c1-18-6-11-10(15(16)17)3-8-4-12-13(21-7-20-12)5-9(8)14(11)19-2/h3-5,11,14H,6-7H2,1-2H3,(H,16,17). The molecule has 2 aliphatic rings. The van der Waals surface area contributed by atoms with Crippen molar-refractivity contribution >= 4 is 12.0 Å². The van der Waals surface area contributed by atoms with E-state index < -0.39 is 12.1 Å². The van der Waals surface area contributed by atoms with Gasteiger partial charge < -0.3 is 24.1 Å². The average molecular weight is 292 g/mol. The van der Waals surface area contributed by atoms with Crippen LogP contribution in [0.5, 0.6) is 11.5 Å². The van der Waals surface area contributed by atoms with E-state index in [0.717, 1.165) is 11.1 Å². The number of methoxy groups -OCH3 is 2.